The Morgan fingerprint density at radius 1 is 1.17 bits per heavy atom. The SMILES string of the molecule is CC(C)C(C)N(C)C(=O)C1(CN)CCCCCC1. The first-order valence-corrected chi connectivity index (χ1v) is 7.42. The third-order valence-electron chi connectivity index (χ3n) is 4.80. The molecule has 0 aromatic rings. The van der Waals surface area contributed by atoms with Crippen molar-refractivity contribution in [1.82, 2.24) is 4.90 Å². The number of nitrogens with zero attached hydrogens (tertiary/aromatic N) is 1. The van der Waals surface area contributed by atoms with Crippen LogP contribution in [0.3, 0.4) is 0 Å². The fourth-order valence-electron chi connectivity index (χ4n) is 2.92. The van der Waals surface area contributed by atoms with Crippen molar-refractivity contribution in [2.75, 3.05) is 13.6 Å². The number of carbonyl (C=O) groups is 1. The fraction of sp³-hybridized carbons (Fsp3) is 0.933. The molecule has 0 aliphatic heterocycles. The average Bonchev–Trinajstić information content (AvgIpc) is 2.62. The van der Waals surface area contributed by atoms with Gasteiger partial charge in [-0.1, -0.05) is 39.5 Å². The first-order chi connectivity index (χ1) is 8.44. The number of amides is 1. The van der Waals surface area contributed by atoms with Crippen molar-refractivity contribution >= 4 is 5.91 Å². The second-order valence-corrected chi connectivity index (χ2v) is 6.30. The third-order valence-corrected chi connectivity index (χ3v) is 4.80. The summed E-state index contributed by atoms with van der Waals surface area (Å²) in [6, 6.07) is 0.282. The van der Waals surface area contributed by atoms with E-state index in [2.05, 4.69) is 20.8 Å². The molecular weight excluding hydrogens is 224 g/mol. The Morgan fingerprint density at radius 2 is 1.67 bits per heavy atom. The van der Waals surface area contributed by atoms with Crippen LogP contribution in [0.15, 0.2) is 0 Å². The first-order valence-electron chi connectivity index (χ1n) is 7.42. The molecule has 1 aliphatic rings. The van der Waals surface area contributed by atoms with Gasteiger partial charge in [0.15, 0.2) is 0 Å². The molecule has 1 amide bonds. The maximum Gasteiger partial charge on any atom is 0.230 e. The Labute approximate surface area is 112 Å². The van der Waals surface area contributed by atoms with Crippen LogP contribution in [-0.2, 0) is 4.79 Å². The van der Waals surface area contributed by atoms with Crippen LogP contribution >= 0.6 is 0 Å². The monoisotopic (exact) mass is 254 g/mol. The van der Waals surface area contributed by atoms with Crippen molar-refractivity contribution < 1.29 is 4.79 Å². The molecule has 18 heavy (non-hydrogen) atoms. The van der Waals surface area contributed by atoms with E-state index in [1.54, 1.807) is 0 Å². The van der Waals surface area contributed by atoms with E-state index in [-0.39, 0.29) is 17.4 Å². The van der Waals surface area contributed by atoms with Gasteiger partial charge in [0.05, 0.1) is 5.41 Å². The van der Waals surface area contributed by atoms with Crippen LogP contribution in [0.5, 0.6) is 0 Å². The number of rotatable bonds is 4. The quantitative estimate of drug-likeness (QED) is 0.784. The molecule has 1 unspecified atom stereocenters. The predicted molar refractivity (Wildman–Crippen MR) is 76.3 cm³/mol. The van der Waals surface area contributed by atoms with Gasteiger partial charge in [-0.05, 0) is 25.7 Å². The highest BCUT2D eigenvalue weighted by molar-refractivity contribution is 5.83. The van der Waals surface area contributed by atoms with E-state index in [0.717, 1.165) is 25.7 Å². The van der Waals surface area contributed by atoms with Gasteiger partial charge < -0.3 is 10.6 Å². The van der Waals surface area contributed by atoms with Crippen LogP contribution in [0.25, 0.3) is 0 Å². The van der Waals surface area contributed by atoms with Crippen molar-refractivity contribution in [3.63, 3.8) is 0 Å². The third kappa shape index (κ3) is 3.25. The van der Waals surface area contributed by atoms with Crippen molar-refractivity contribution in [2.24, 2.45) is 17.1 Å². The van der Waals surface area contributed by atoms with Gasteiger partial charge in [0.2, 0.25) is 5.91 Å². The maximum absolute atomic E-state index is 12.8. The molecule has 1 fully saturated rings. The first kappa shape index (κ1) is 15.5. The largest absolute Gasteiger partial charge is 0.342 e. The van der Waals surface area contributed by atoms with E-state index >= 15 is 0 Å². The van der Waals surface area contributed by atoms with Crippen LogP contribution in [0.1, 0.15) is 59.3 Å². The van der Waals surface area contributed by atoms with Gasteiger partial charge in [-0.15, -0.1) is 0 Å². The van der Waals surface area contributed by atoms with E-state index in [9.17, 15) is 4.79 Å². The molecule has 3 heteroatoms. The molecule has 0 aromatic carbocycles. The van der Waals surface area contributed by atoms with Crippen LogP contribution < -0.4 is 5.73 Å². The maximum atomic E-state index is 12.8. The zero-order valence-electron chi connectivity index (χ0n) is 12.5. The van der Waals surface area contributed by atoms with Crippen LogP contribution in [0.2, 0.25) is 0 Å². The lowest BCUT2D eigenvalue weighted by molar-refractivity contribution is -0.143. The molecule has 0 aromatic heterocycles. The van der Waals surface area contributed by atoms with Gasteiger partial charge in [0.25, 0.3) is 0 Å². The van der Waals surface area contributed by atoms with E-state index in [0.29, 0.717) is 12.5 Å². The Morgan fingerprint density at radius 3 is 2.06 bits per heavy atom. The van der Waals surface area contributed by atoms with Gasteiger partial charge in [-0.3, -0.25) is 4.79 Å². The van der Waals surface area contributed by atoms with E-state index in [4.69, 9.17) is 5.73 Å². The molecule has 106 valence electrons. The molecule has 1 aliphatic carbocycles. The van der Waals surface area contributed by atoms with Crippen molar-refractivity contribution in [3.05, 3.63) is 0 Å². The summed E-state index contributed by atoms with van der Waals surface area (Å²) in [5, 5.41) is 0. The number of hydrogen-bond donors (Lipinski definition) is 1. The molecule has 0 heterocycles. The molecule has 0 radical (unpaired) electrons. The molecule has 0 spiro atoms. The average molecular weight is 254 g/mol. The van der Waals surface area contributed by atoms with Crippen molar-refractivity contribution in [2.45, 2.75) is 65.3 Å². The highest BCUT2D eigenvalue weighted by atomic mass is 16.2. The lowest BCUT2D eigenvalue weighted by Crippen LogP contribution is -2.50. The van der Waals surface area contributed by atoms with Gasteiger partial charge >= 0.3 is 0 Å². The molecule has 0 saturated heterocycles. The topological polar surface area (TPSA) is 46.3 Å². The summed E-state index contributed by atoms with van der Waals surface area (Å²) in [4.78, 5) is 14.7. The minimum atomic E-state index is -0.283. The standard InChI is InChI=1S/C15H30N2O/c1-12(2)13(3)17(4)14(18)15(11-16)9-7-5-6-8-10-15/h12-13H,5-11,16H2,1-4H3. The Balaban J connectivity index is 2.83. The summed E-state index contributed by atoms with van der Waals surface area (Å²) >= 11 is 0. The summed E-state index contributed by atoms with van der Waals surface area (Å²) in [5.41, 5.74) is 5.69. The molecule has 2 N–H and O–H groups in total. The molecule has 1 rings (SSSR count). The Bertz CT molecular complexity index is 268. The van der Waals surface area contributed by atoms with Crippen molar-refractivity contribution in [1.29, 1.82) is 0 Å². The highest BCUT2D eigenvalue weighted by Gasteiger charge is 2.40. The van der Waals surface area contributed by atoms with E-state index in [1.807, 2.05) is 11.9 Å². The molecule has 3 nitrogen and oxygen atoms in total. The normalized spacial score (nSPS) is 21.4. The lowest BCUT2D eigenvalue weighted by atomic mass is 9.78. The zero-order chi connectivity index (χ0) is 13.8. The van der Waals surface area contributed by atoms with Crippen LogP contribution in [0, 0.1) is 11.3 Å². The molecule has 1 saturated carbocycles. The lowest BCUT2D eigenvalue weighted by Gasteiger charge is -2.38. The van der Waals surface area contributed by atoms with Gasteiger partial charge in [0.1, 0.15) is 0 Å². The Kier molecular flexibility index (Phi) is 5.64. The number of hydrogen-bond acceptors (Lipinski definition) is 2. The number of carbonyl (C=O) groups excluding carboxylic acids is 1. The summed E-state index contributed by atoms with van der Waals surface area (Å²) in [7, 11) is 1.94. The summed E-state index contributed by atoms with van der Waals surface area (Å²) < 4.78 is 0. The van der Waals surface area contributed by atoms with Gasteiger partial charge in [-0.2, -0.15) is 0 Å². The summed E-state index contributed by atoms with van der Waals surface area (Å²) in [6.45, 7) is 6.96. The second kappa shape index (κ2) is 6.55. The van der Waals surface area contributed by atoms with Crippen LogP contribution in [-0.4, -0.2) is 30.4 Å². The number of nitrogens with two attached hydrogens (primary N) is 1. The van der Waals surface area contributed by atoms with E-state index < -0.39 is 0 Å². The van der Waals surface area contributed by atoms with Crippen molar-refractivity contribution in [3.8, 4) is 0 Å². The minimum absolute atomic E-state index is 0.271. The molecule has 1 atom stereocenters. The summed E-state index contributed by atoms with van der Waals surface area (Å²) in [5.74, 6) is 0.757. The Hall–Kier alpha value is -0.570. The minimum Gasteiger partial charge on any atom is -0.342 e. The van der Waals surface area contributed by atoms with E-state index in [1.165, 1.54) is 12.8 Å². The predicted octanol–water partition coefficient (Wildman–Crippen LogP) is 2.79. The fourth-order valence-corrected chi connectivity index (χ4v) is 2.92. The molecular formula is C15H30N2O. The van der Waals surface area contributed by atoms with Crippen LogP contribution in [0.4, 0.5) is 0 Å². The smallest absolute Gasteiger partial charge is 0.230 e. The second-order valence-electron chi connectivity index (χ2n) is 6.30. The van der Waals surface area contributed by atoms with Gasteiger partial charge in [0, 0.05) is 19.6 Å². The molecule has 0 bridgehead atoms. The van der Waals surface area contributed by atoms with Gasteiger partial charge in [-0.25, -0.2) is 0 Å². The zero-order valence-corrected chi connectivity index (χ0v) is 12.5. The highest BCUT2D eigenvalue weighted by Crippen LogP contribution is 2.36. The summed E-state index contributed by atoms with van der Waals surface area (Å²) in [6.07, 6.45) is 6.73.